The van der Waals surface area contributed by atoms with Crippen LogP contribution in [0, 0.1) is 5.92 Å². The number of aliphatic carboxylic acids is 1. The third-order valence-corrected chi connectivity index (χ3v) is 6.00. The van der Waals surface area contributed by atoms with Crippen LogP contribution in [-0.2, 0) is 4.79 Å². The van der Waals surface area contributed by atoms with Gasteiger partial charge in [0.25, 0.3) is 5.91 Å². The van der Waals surface area contributed by atoms with Crippen molar-refractivity contribution in [1.29, 1.82) is 0 Å². The van der Waals surface area contributed by atoms with Crippen LogP contribution < -0.4 is 25.2 Å². The van der Waals surface area contributed by atoms with Crippen molar-refractivity contribution >= 4 is 17.6 Å². The van der Waals surface area contributed by atoms with Gasteiger partial charge in [0.1, 0.15) is 0 Å². The second-order valence-electron chi connectivity index (χ2n) is 7.77. The van der Waals surface area contributed by atoms with Crippen LogP contribution in [0.5, 0.6) is 11.5 Å². The Balaban J connectivity index is 1.41. The van der Waals surface area contributed by atoms with Crippen molar-refractivity contribution in [2.45, 2.75) is 24.8 Å². The van der Waals surface area contributed by atoms with Crippen LogP contribution in [0.1, 0.15) is 46.3 Å². The molecule has 2 aromatic rings. The molecule has 5 rings (SSSR count). The summed E-state index contributed by atoms with van der Waals surface area (Å²) in [7, 11) is 0. The third kappa shape index (κ3) is 3.26. The maximum atomic E-state index is 12.4. The fourth-order valence-corrected chi connectivity index (χ4v) is 4.55. The molecule has 0 spiro atoms. The zero-order chi connectivity index (χ0) is 20.7. The van der Waals surface area contributed by atoms with Gasteiger partial charge in [0, 0.05) is 36.1 Å². The number of nitrogens with one attached hydrogen (secondary N) is 2. The van der Waals surface area contributed by atoms with E-state index in [4.69, 9.17) is 9.47 Å². The summed E-state index contributed by atoms with van der Waals surface area (Å²) in [6, 6.07) is 11.8. The molecule has 1 amide bonds. The molecule has 0 aromatic heterocycles. The van der Waals surface area contributed by atoms with Crippen LogP contribution in [-0.4, -0.2) is 25.2 Å². The van der Waals surface area contributed by atoms with Crippen molar-refractivity contribution in [3.63, 3.8) is 0 Å². The summed E-state index contributed by atoms with van der Waals surface area (Å²) in [6.07, 6.45) is 5.14. The lowest BCUT2D eigenvalue weighted by Crippen LogP contribution is -2.32. The molecule has 3 aliphatic rings. The molecule has 154 valence electrons. The molecule has 2 heterocycles. The molecule has 0 unspecified atom stereocenters. The quantitative estimate of drug-likeness (QED) is 0.739. The van der Waals surface area contributed by atoms with Crippen LogP contribution in [0.4, 0.5) is 5.69 Å². The minimum absolute atomic E-state index is 0.0502. The lowest BCUT2D eigenvalue weighted by atomic mass is 9.76. The summed E-state index contributed by atoms with van der Waals surface area (Å²) < 4.78 is 11.0. The van der Waals surface area contributed by atoms with Crippen molar-refractivity contribution in [2.24, 2.45) is 5.92 Å². The number of benzene rings is 2. The van der Waals surface area contributed by atoms with E-state index in [0.29, 0.717) is 11.5 Å². The molecule has 0 radical (unpaired) electrons. The van der Waals surface area contributed by atoms with Crippen LogP contribution in [0.3, 0.4) is 0 Å². The van der Waals surface area contributed by atoms with Gasteiger partial charge in [-0.25, -0.2) is 0 Å². The van der Waals surface area contributed by atoms with Gasteiger partial charge in [-0.05, 0) is 53.8 Å². The van der Waals surface area contributed by atoms with Crippen molar-refractivity contribution in [3.05, 3.63) is 65.2 Å². The Kier molecular flexibility index (Phi) is 4.58. The van der Waals surface area contributed by atoms with Crippen molar-refractivity contribution in [1.82, 2.24) is 5.32 Å². The predicted octanol–water partition coefficient (Wildman–Crippen LogP) is 2.11. The molecule has 1 aliphatic carbocycles. The predicted molar refractivity (Wildman–Crippen MR) is 107 cm³/mol. The molecule has 3 atom stereocenters. The number of allylic oxidation sites excluding steroid dienone is 2. The third-order valence-electron chi connectivity index (χ3n) is 6.00. The summed E-state index contributed by atoms with van der Waals surface area (Å²) in [5.74, 6) is 0.604. The highest BCUT2D eigenvalue weighted by molar-refractivity contribution is 5.95. The molecule has 2 aromatic carbocycles. The summed E-state index contributed by atoms with van der Waals surface area (Å²) in [5, 5.41) is 16.8. The van der Waals surface area contributed by atoms with Gasteiger partial charge in [-0.2, -0.15) is 0 Å². The number of carbonyl (C=O) groups excluding carboxylic acids is 2. The maximum Gasteiger partial charge on any atom is 0.251 e. The van der Waals surface area contributed by atoms with E-state index in [0.717, 1.165) is 34.7 Å². The van der Waals surface area contributed by atoms with E-state index in [2.05, 4.69) is 28.9 Å². The number of carboxylic acid groups (broad SMARTS) is 1. The first-order valence-corrected chi connectivity index (χ1v) is 10.0. The van der Waals surface area contributed by atoms with E-state index in [9.17, 15) is 14.7 Å². The molecule has 7 nitrogen and oxygen atoms in total. The monoisotopic (exact) mass is 405 g/mol. The molecular formula is C23H21N2O5-. The van der Waals surface area contributed by atoms with E-state index >= 15 is 0 Å². The lowest BCUT2D eigenvalue weighted by molar-refractivity contribution is -0.305. The molecule has 2 N–H and O–H groups in total. The number of hydrogen-bond donors (Lipinski definition) is 2. The van der Waals surface area contributed by atoms with Crippen molar-refractivity contribution in [3.8, 4) is 11.5 Å². The molecule has 7 heteroatoms. The van der Waals surface area contributed by atoms with E-state index in [1.165, 1.54) is 0 Å². The largest absolute Gasteiger partial charge is 0.550 e. The number of fused-ring (bicyclic) bond motifs is 4. The average Bonchev–Trinajstić information content (AvgIpc) is 3.41. The van der Waals surface area contributed by atoms with Gasteiger partial charge in [-0.3, -0.25) is 4.79 Å². The van der Waals surface area contributed by atoms with Gasteiger partial charge in [0.2, 0.25) is 6.79 Å². The zero-order valence-corrected chi connectivity index (χ0v) is 16.2. The number of ether oxygens (including phenoxy) is 2. The SMILES string of the molecule is O=C([O-])CCNC(=O)c1ccc2c(c1)[C@H]1C=CC[C@@H]1[C@H](c1ccc3c(c1)OCO3)N2. The van der Waals surface area contributed by atoms with Gasteiger partial charge in [0.15, 0.2) is 11.5 Å². The summed E-state index contributed by atoms with van der Waals surface area (Å²) in [6.45, 7) is 0.301. The molecular weight excluding hydrogens is 384 g/mol. The molecule has 0 saturated heterocycles. The normalized spacial score (nSPS) is 22.7. The summed E-state index contributed by atoms with van der Waals surface area (Å²) >= 11 is 0. The van der Waals surface area contributed by atoms with Crippen LogP contribution in [0.25, 0.3) is 0 Å². The van der Waals surface area contributed by atoms with Crippen LogP contribution in [0.2, 0.25) is 0 Å². The Morgan fingerprint density at radius 1 is 1.13 bits per heavy atom. The van der Waals surface area contributed by atoms with Crippen LogP contribution >= 0.6 is 0 Å². The molecule has 2 aliphatic heterocycles. The number of hydrogen-bond acceptors (Lipinski definition) is 6. The van der Waals surface area contributed by atoms with E-state index < -0.39 is 5.97 Å². The van der Waals surface area contributed by atoms with Gasteiger partial charge in [-0.1, -0.05) is 18.2 Å². The summed E-state index contributed by atoms with van der Waals surface area (Å²) in [5.41, 5.74) is 3.75. The minimum Gasteiger partial charge on any atom is -0.550 e. The van der Waals surface area contributed by atoms with E-state index in [1.54, 1.807) is 6.07 Å². The van der Waals surface area contributed by atoms with Gasteiger partial charge in [-0.15, -0.1) is 0 Å². The smallest absolute Gasteiger partial charge is 0.251 e. The average molecular weight is 405 g/mol. The number of amides is 1. The van der Waals surface area contributed by atoms with Crippen molar-refractivity contribution in [2.75, 3.05) is 18.7 Å². The first-order chi connectivity index (χ1) is 14.6. The number of carbonyl (C=O) groups is 2. The molecule has 0 bridgehead atoms. The standard InChI is InChI=1S/C23H22N2O5/c26-21(27)8-9-24-23(28)14-4-6-18-17(10-14)15-2-1-3-16(15)22(25-18)13-5-7-19-20(11-13)30-12-29-19/h1-2,4-7,10-11,15-16,22,25H,3,8-9,12H2,(H,24,28)(H,26,27)/p-1/t15-,16-,22-/m0/s1. The van der Waals surface area contributed by atoms with E-state index in [1.807, 2.05) is 24.3 Å². The molecule has 0 fully saturated rings. The summed E-state index contributed by atoms with van der Waals surface area (Å²) in [4.78, 5) is 23.0. The van der Waals surface area contributed by atoms with Gasteiger partial charge < -0.3 is 30.0 Å². The van der Waals surface area contributed by atoms with Gasteiger partial charge in [0.05, 0.1) is 6.04 Å². The Morgan fingerprint density at radius 2 is 2.00 bits per heavy atom. The maximum absolute atomic E-state index is 12.4. The van der Waals surface area contributed by atoms with Gasteiger partial charge >= 0.3 is 0 Å². The fraction of sp³-hybridized carbons (Fsp3) is 0.304. The Hall–Kier alpha value is -3.48. The number of rotatable bonds is 5. The highest BCUT2D eigenvalue weighted by Crippen LogP contribution is 2.50. The Morgan fingerprint density at radius 3 is 2.87 bits per heavy atom. The Bertz CT molecular complexity index is 1050. The first kappa shape index (κ1) is 18.5. The second-order valence-corrected chi connectivity index (χ2v) is 7.77. The molecule has 0 saturated carbocycles. The Labute approximate surface area is 173 Å². The highest BCUT2D eigenvalue weighted by atomic mass is 16.7. The first-order valence-electron chi connectivity index (χ1n) is 10.0. The minimum atomic E-state index is -1.18. The number of anilines is 1. The lowest BCUT2D eigenvalue weighted by Gasteiger charge is -2.37. The van der Waals surface area contributed by atoms with Crippen LogP contribution in [0.15, 0.2) is 48.6 Å². The van der Waals surface area contributed by atoms with E-state index in [-0.39, 0.29) is 37.6 Å². The molecule has 30 heavy (non-hydrogen) atoms. The second kappa shape index (κ2) is 7.40. The highest BCUT2D eigenvalue weighted by Gasteiger charge is 2.38. The number of carboxylic acids is 1. The van der Waals surface area contributed by atoms with Crippen molar-refractivity contribution < 1.29 is 24.2 Å². The zero-order valence-electron chi connectivity index (χ0n) is 16.2. The topological polar surface area (TPSA) is 99.7 Å². The fourth-order valence-electron chi connectivity index (χ4n) is 4.55.